The predicted octanol–water partition coefficient (Wildman–Crippen LogP) is 1.77. The highest BCUT2D eigenvalue weighted by molar-refractivity contribution is 5.91. The molecule has 1 aromatic rings. The number of aryl methyl sites for hydroxylation is 1. The van der Waals surface area contributed by atoms with Crippen molar-refractivity contribution in [3.63, 3.8) is 0 Å². The topological polar surface area (TPSA) is 64.3 Å². The lowest BCUT2D eigenvalue weighted by Gasteiger charge is -2.05. The van der Waals surface area contributed by atoms with Crippen molar-refractivity contribution < 1.29 is 9.63 Å². The van der Waals surface area contributed by atoms with Crippen molar-refractivity contribution in [3.05, 3.63) is 41.6 Å². The molecule has 0 saturated heterocycles. The Kier molecular flexibility index (Phi) is 3.74. The fourth-order valence-electron chi connectivity index (χ4n) is 1.13. The first kappa shape index (κ1) is 11.1. The largest absolute Gasteiger partial charge is 0.399 e. The molecule has 0 aliphatic carbocycles. The second kappa shape index (κ2) is 5.05. The lowest BCUT2D eigenvalue weighted by Crippen LogP contribution is -2.15. The molecule has 0 aliphatic heterocycles. The number of anilines is 1. The van der Waals surface area contributed by atoms with Crippen LogP contribution in [0.4, 0.5) is 5.69 Å². The van der Waals surface area contributed by atoms with E-state index >= 15 is 0 Å². The first-order valence-corrected chi connectivity index (χ1v) is 4.59. The number of hydroxylamine groups is 1. The Balaban J connectivity index is 2.73. The minimum Gasteiger partial charge on any atom is -0.399 e. The Bertz CT molecular complexity index is 386. The zero-order chi connectivity index (χ0) is 11.3. The monoisotopic (exact) mass is 206 g/mol. The summed E-state index contributed by atoms with van der Waals surface area (Å²) >= 11 is 0. The normalized spacial score (nSPS) is 10.3. The second-order valence-corrected chi connectivity index (χ2v) is 3.08. The van der Waals surface area contributed by atoms with Crippen molar-refractivity contribution in [2.24, 2.45) is 0 Å². The van der Waals surface area contributed by atoms with E-state index < -0.39 is 5.97 Å². The molecule has 1 rings (SSSR count). The van der Waals surface area contributed by atoms with Gasteiger partial charge >= 0.3 is 5.97 Å². The molecule has 0 atom stereocenters. The zero-order valence-corrected chi connectivity index (χ0v) is 8.78. The van der Waals surface area contributed by atoms with Gasteiger partial charge in [0.1, 0.15) is 0 Å². The summed E-state index contributed by atoms with van der Waals surface area (Å²) < 4.78 is 0. The van der Waals surface area contributed by atoms with Gasteiger partial charge in [0.15, 0.2) is 0 Å². The van der Waals surface area contributed by atoms with Crippen LogP contribution in [0.5, 0.6) is 0 Å². The van der Waals surface area contributed by atoms with Gasteiger partial charge in [0.25, 0.3) is 0 Å². The van der Waals surface area contributed by atoms with Crippen molar-refractivity contribution >= 4 is 11.7 Å². The number of nitrogens with one attached hydrogen (secondary N) is 1. The highest BCUT2D eigenvalue weighted by atomic mass is 16.7. The van der Waals surface area contributed by atoms with Crippen molar-refractivity contribution in [1.82, 2.24) is 5.48 Å². The van der Waals surface area contributed by atoms with Gasteiger partial charge < -0.3 is 10.6 Å². The van der Waals surface area contributed by atoms with Crippen molar-refractivity contribution in [2.45, 2.75) is 13.8 Å². The van der Waals surface area contributed by atoms with Gasteiger partial charge in [-0.15, -0.1) is 0 Å². The van der Waals surface area contributed by atoms with Gasteiger partial charge in [0.05, 0.1) is 5.56 Å². The average molecular weight is 206 g/mol. The number of nitrogen functional groups attached to an aromatic ring is 1. The molecule has 0 aromatic heterocycles. The highest BCUT2D eigenvalue weighted by Crippen LogP contribution is 2.12. The minimum atomic E-state index is -0.425. The molecular weight excluding hydrogens is 192 g/mol. The van der Waals surface area contributed by atoms with Gasteiger partial charge in [-0.3, -0.25) is 0 Å². The van der Waals surface area contributed by atoms with Crippen LogP contribution in [-0.4, -0.2) is 5.97 Å². The second-order valence-electron chi connectivity index (χ2n) is 3.08. The summed E-state index contributed by atoms with van der Waals surface area (Å²) in [5.74, 6) is -0.425. The number of carbonyl (C=O) groups is 1. The number of allylic oxidation sites excluding steroid dienone is 1. The molecule has 3 N–H and O–H groups in total. The predicted molar refractivity (Wildman–Crippen MR) is 59.0 cm³/mol. The quantitative estimate of drug-likeness (QED) is 0.584. The Morgan fingerprint density at radius 2 is 2.27 bits per heavy atom. The first-order chi connectivity index (χ1) is 7.15. The molecule has 0 radical (unpaired) electrons. The van der Waals surface area contributed by atoms with Crippen LogP contribution in [0.15, 0.2) is 30.5 Å². The minimum absolute atomic E-state index is 0.425. The molecule has 0 saturated carbocycles. The van der Waals surface area contributed by atoms with E-state index in [1.54, 1.807) is 24.3 Å². The van der Waals surface area contributed by atoms with Gasteiger partial charge in [0.2, 0.25) is 0 Å². The maximum atomic E-state index is 11.5. The summed E-state index contributed by atoms with van der Waals surface area (Å²) in [6, 6.07) is 5.04. The third-order valence-electron chi connectivity index (χ3n) is 1.86. The SMILES string of the molecule is CC=CNOC(=O)c1ccc(N)cc1C. The van der Waals surface area contributed by atoms with Crippen LogP contribution < -0.4 is 11.2 Å². The number of benzene rings is 1. The fraction of sp³-hybridized carbons (Fsp3) is 0.182. The molecular formula is C11H14N2O2. The van der Waals surface area contributed by atoms with E-state index in [1.165, 1.54) is 6.20 Å². The van der Waals surface area contributed by atoms with Crippen molar-refractivity contribution in [1.29, 1.82) is 0 Å². The molecule has 0 amide bonds. The Hall–Kier alpha value is -1.97. The van der Waals surface area contributed by atoms with Crippen molar-refractivity contribution in [3.8, 4) is 0 Å². The highest BCUT2D eigenvalue weighted by Gasteiger charge is 2.09. The van der Waals surface area contributed by atoms with Crippen LogP contribution in [0.2, 0.25) is 0 Å². The van der Waals surface area contributed by atoms with E-state index in [9.17, 15) is 4.79 Å². The molecule has 0 aliphatic rings. The molecule has 4 nitrogen and oxygen atoms in total. The van der Waals surface area contributed by atoms with E-state index in [1.807, 2.05) is 13.8 Å². The summed E-state index contributed by atoms with van der Waals surface area (Å²) in [6.07, 6.45) is 3.26. The van der Waals surface area contributed by atoms with Gasteiger partial charge in [-0.1, -0.05) is 6.08 Å². The summed E-state index contributed by atoms with van der Waals surface area (Å²) in [4.78, 5) is 16.3. The van der Waals surface area contributed by atoms with Crippen LogP contribution in [0.3, 0.4) is 0 Å². The van der Waals surface area contributed by atoms with Crippen molar-refractivity contribution in [2.75, 3.05) is 5.73 Å². The molecule has 15 heavy (non-hydrogen) atoms. The molecule has 0 fully saturated rings. The zero-order valence-electron chi connectivity index (χ0n) is 8.78. The number of hydrogen-bond acceptors (Lipinski definition) is 4. The summed E-state index contributed by atoms with van der Waals surface area (Å²) in [5, 5.41) is 0. The third kappa shape index (κ3) is 3.02. The van der Waals surface area contributed by atoms with Crippen LogP contribution in [-0.2, 0) is 4.84 Å². The van der Waals surface area contributed by atoms with E-state index in [-0.39, 0.29) is 0 Å². The summed E-state index contributed by atoms with van der Waals surface area (Å²) in [5.41, 5.74) is 9.91. The summed E-state index contributed by atoms with van der Waals surface area (Å²) in [7, 11) is 0. The molecule has 0 heterocycles. The number of hydrogen-bond donors (Lipinski definition) is 2. The van der Waals surface area contributed by atoms with E-state index in [0.29, 0.717) is 11.3 Å². The number of nitrogens with two attached hydrogens (primary N) is 1. The molecule has 0 spiro atoms. The van der Waals surface area contributed by atoms with Crippen LogP contribution in [0, 0.1) is 6.92 Å². The fourth-order valence-corrected chi connectivity index (χ4v) is 1.13. The Morgan fingerprint density at radius 3 is 2.87 bits per heavy atom. The number of carbonyl (C=O) groups excluding carboxylic acids is 1. The standard InChI is InChI=1S/C11H14N2O2/c1-3-6-13-15-11(14)10-5-4-9(12)7-8(10)2/h3-7,13H,12H2,1-2H3. The molecule has 4 heteroatoms. The van der Waals surface area contributed by atoms with Crippen LogP contribution in [0.25, 0.3) is 0 Å². The Labute approximate surface area is 88.7 Å². The molecule has 0 unspecified atom stereocenters. The smallest absolute Gasteiger partial charge is 0.363 e. The first-order valence-electron chi connectivity index (χ1n) is 4.59. The van der Waals surface area contributed by atoms with Crippen LogP contribution in [0.1, 0.15) is 22.8 Å². The van der Waals surface area contributed by atoms with Crippen LogP contribution >= 0.6 is 0 Å². The Morgan fingerprint density at radius 1 is 1.53 bits per heavy atom. The average Bonchev–Trinajstić information content (AvgIpc) is 2.17. The van der Waals surface area contributed by atoms with Gasteiger partial charge in [0, 0.05) is 11.9 Å². The van der Waals surface area contributed by atoms with E-state index in [2.05, 4.69) is 5.48 Å². The number of rotatable bonds is 3. The van der Waals surface area contributed by atoms with Gasteiger partial charge in [-0.25, -0.2) is 10.3 Å². The third-order valence-corrected chi connectivity index (χ3v) is 1.86. The van der Waals surface area contributed by atoms with Gasteiger partial charge in [-0.2, -0.15) is 0 Å². The summed E-state index contributed by atoms with van der Waals surface area (Å²) in [6.45, 7) is 3.62. The molecule has 1 aromatic carbocycles. The maximum Gasteiger partial charge on any atom is 0.363 e. The van der Waals surface area contributed by atoms with E-state index in [0.717, 1.165) is 5.56 Å². The molecule has 80 valence electrons. The lowest BCUT2D eigenvalue weighted by atomic mass is 10.1. The lowest BCUT2D eigenvalue weighted by molar-refractivity contribution is 0.0348. The van der Waals surface area contributed by atoms with E-state index in [4.69, 9.17) is 10.6 Å². The van der Waals surface area contributed by atoms with Gasteiger partial charge in [-0.05, 0) is 37.6 Å². The molecule has 0 bridgehead atoms. The maximum absolute atomic E-state index is 11.5.